The van der Waals surface area contributed by atoms with Crippen molar-refractivity contribution in [1.29, 1.82) is 0 Å². The molecule has 0 saturated carbocycles. The Labute approximate surface area is 138 Å². The van der Waals surface area contributed by atoms with Crippen LogP contribution in [0.15, 0.2) is 36.4 Å². The molecule has 0 radical (unpaired) electrons. The van der Waals surface area contributed by atoms with E-state index < -0.39 is 41.5 Å². The molecular formula is C16H9F4N3O2. The van der Waals surface area contributed by atoms with Gasteiger partial charge in [-0.05, 0) is 24.3 Å². The highest BCUT2D eigenvalue weighted by molar-refractivity contribution is 5.92. The number of nitrogens with zero attached hydrogens (tertiary/aromatic N) is 3. The van der Waals surface area contributed by atoms with Crippen LogP contribution in [0.3, 0.4) is 0 Å². The van der Waals surface area contributed by atoms with Crippen molar-refractivity contribution in [3.63, 3.8) is 0 Å². The lowest BCUT2D eigenvalue weighted by Crippen LogP contribution is -2.09. The Morgan fingerprint density at radius 2 is 1.64 bits per heavy atom. The van der Waals surface area contributed by atoms with Gasteiger partial charge >= 0.3 is 5.97 Å². The smallest absolute Gasteiger partial charge is 0.358 e. The molecule has 0 aliphatic carbocycles. The summed E-state index contributed by atoms with van der Waals surface area (Å²) in [5.41, 5.74) is -1.42. The lowest BCUT2D eigenvalue weighted by atomic mass is 10.1. The number of carboxylic acids is 1. The molecule has 3 rings (SSSR count). The topological polar surface area (TPSA) is 68.0 Å². The van der Waals surface area contributed by atoms with E-state index in [1.807, 2.05) is 0 Å². The lowest BCUT2D eigenvalue weighted by molar-refractivity contribution is 0.0691. The van der Waals surface area contributed by atoms with Gasteiger partial charge in [-0.25, -0.2) is 27.0 Å². The quantitative estimate of drug-likeness (QED) is 0.733. The van der Waals surface area contributed by atoms with Crippen LogP contribution >= 0.6 is 0 Å². The van der Waals surface area contributed by atoms with Crippen LogP contribution in [0.25, 0.3) is 11.3 Å². The van der Waals surface area contributed by atoms with E-state index in [9.17, 15) is 27.5 Å². The predicted molar refractivity (Wildman–Crippen MR) is 77.8 cm³/mol. The third kappa shape index (κ3) is 3.21. The Kier molecular flexibility index (Phi) is 4.22. The van der Waals surface area contributed by atoms with E-state index in [-0.39, 0.29) is 16.8 Å². The van der Waals surface area contributed by atoms with Crippen LogP contribution in [0.2, 0.25) is 0 Å². The summed E-state index contributed by atoms with van der Waals surface area (Å²) in [5, 5.41) is 16.2. The maximum absolute atomic E-state index is 13.8. The van der Waals surface area contributed by atoms with Crippen LogP contribution < -0.4 is 0 Å². The van der Waals surface area contributed by atoms with E-state index in [0.717, 1.165) is 28.9 Å². The number of aromatic nitrogens is 3. The summed E-state index contributed by atoms with van der Waals surface area (Å²) in [5.74, 6) is -5.14. The molecular weight excluding hydrogens is 342 g/mol. The summed E-state index contributed by atoms with van der Waals surface area (Å²) in [6.45, 7) is -0.508. The second-order valence-corrected chi connectivity index (χ2v) is 5.11. The molecule has 0 atom stereocenters. The van der Waals surface area contributed by atoms with Crippen LogP contribution in [-0.4, -0.2) is 26.1 Å². The van der Waals surface area contributed by atoms with Crippen molar-refractivity contribution in [3.05, 3.63) is 70.9 Å². The van der Waals surface area contributed by atoms with Crippen molar-refractivity contribution in [2.75, 3.05) is 0 Å². The number of halogens is 4. The van der Waals surface area contributed by atoms with Gasteiger partial charge in [-0.15, -0.1) is 5.10 Å². The minimum Gasteiger partial charge on any atom is -0.476 e. The normalized spacial score (nSPS) is 10.9. The number of carbonyl (C=O) groups is 1. The molecule has 2 aromatic carbocycles. The number of hydrogen-bond acceptors (Lipinski definition) is 3. The average molecular weight is 351 g/mol. The number of carboxylic acid groups (broad SMARTS) is 1. The minimum absolute atomic E-state index is 0.170. The standard InChI is InChI=1S/C16H9F4N3O2/c17-9-4-8(5-10(18)6-9)15-14(16(24)25)21-22-23(15)7-11-12(19)2-1-3-13(11)20/h1-6H,7H2,(H,24,25). The molecule has 5 nitrogen and oxygen atoms in total. The fourth-order valence-corrected chi connectivity index (χ4v) is 2.38. The maximum Gasteiger partial charge on any atom is 0.358 e. The average Bonchev–Trinajstić information content (AvgIpc) is 2.94. The summed E-state index contributed by atoms with van der Waals surface area (Å²) < 4.78 is 55.5. The highest BCUT2D eigenvalue weighted by Gasteiger charge is 2.23. The van der Waals surface area contributed by atoms with Gasteiger partial charge < -0.3 is 5.11 Å². The molecule has 0 unspecified atom stereocenters. The zero-order chi connectivity index (χ0) is 18.1. The van der Waals surface area contributed by atoms with Crippen LogP contribution in [-0.2, 0) is 6.54 Å². The van der Waals surface area contributed by atoms with Gasteiger partial charge in [-0.2, -0.15) is 0 Å². The van der Waals surface area contributed by atoms with Crippen molar-refractivity contribution in [2.24, 2.45) is 0 Å². The van der Waals surface area contributed by atoms with E-state index in [4.69, 9.17) is 0 Å². The van der Waals surface area contributed by atoms with Gasteiger partial charge in [0.1, 0.15) is 29.0 Å². The molecule has 25 heavy (non-hydrogen) atoms. The molecule has 0 amide bonds. The molecule has 0 bridgehead atoms. The van der Waals surface area contributed by atoms with Crippen LogP contribution in [0, 0.1) is 23.3 Å². The van der Waals surface area contributed by atoms with Crippen molar-refractivity contribution in [1.82, 2.24) is 15.0 Å². The third-order valence-corrected chi connectivity index (χ3v) is 3.44. The number of benzene rings is 2. The van der Waals surface area contributed by atoms with E-state index in [2.05, 4.69) is 10.3 Å². The number of aromatic carboxylic acids is 1. The molecule has 1 aromatic heterocycles. The van der Waals surface area contributed by atoms with Crippen molar-refractivity contribution in [2.45, 2.75) is 6.54 Å². The zero-order valence-corrected chi connectivity index (χ0v) is 12.4. The van der Waals surface area contributed by atoms with E-state index in [1.165, 1.54) is 6.07 Å². The van der Waals surface area contributed by atoms with Crippen molar-refractivity contribution >= 4 is 5.97 Å². The Hall–Kier alpha value is -3.23. The van der Waals surface area contributed by atoms with Gasteiger partial charge in [-0.1, -0.05) is 11.3 Å². The first-order valence-corrected chi connectivity index (χ1v) is 6.93. The Bertz CT molecular complexity index is 932. The molecule has 3 aromatic rings. The molecule has 0 saturated heterocycles. The van der Waals surface area contributed by atoms with Crippen molar-refractivity contribution < 1.29 is 27.5 Å². The summed E-state index contributed by atoms with van der Waals surface area (Å²) in [6, 6.07) is 5.57. The van der Waals surface area contributed by atoms with Crippen LogP contribution in [0.1, 0.15) is 16.1 Å². The fourth-order valence-electron chi connectivity index (χ4n) is 2.38. The molecule has 0 fully saturated rings. The van der Waals surface area contributed by atoms with E-state index in [0.29, 0.717) is 6.07 Å². The first kappa shape index (κ1) is 16.6. The van der Waals surface area contributed by atoms with Crippen molar-refractivity contribution in [3.8, 4) is 11.3 Å². The highest BCUT2D eigenvalue weighted by Crippen LogP contribution is 2.26. The lowest BCUT2D eigenvalue weighted by Gasteiger charge is -2.09. The number of hydrogen-bond donors (Lipinski definition) is 1. The van der Waals surface area contributed by atoms with Crippen LogP contribution in [0.5, 0.6) is 0 Å². The predicted octanol–water partition coefficient (Wildman–Crippen LogP) is 3.25. The van der Waals surface area contributed by atoms with Gasteiger partial charge in [0.25, 0.3) is 0 Å². The monoisotopic (exact) mass is 351 g/mol. The Morgan fingerprint density at radius 1 is 1.04 bits per heavy atom. The largest absolute Gasteiger partial charge is 0.476 e. The molecule has 0 aliphatic heterocycles. The molecule has 9 heteroatoms. The summed E-state index contributed by atoms with van der Waals surface area (Å²) in [7, 11) is 0. The molecule has 128 valence electrons. The molecule has 1 heterocycles. The summed E-state index contributed by atoms with van der Waals surface area (Å²) >= 11 is 0. The van der Waals surface area contributed by atoms with Gasteiger partial charge in [0.05, 0.1) is 6.54 Å². The van der Waals surface area contributed by atoms with Gasteiger partial charge in [0.15, 0.2) is 5.69 Å². The summed E-state index contributed by atoms with van der Waals surface area (Å²) in [6.07, 6.45) is 0. The number of rotatable bonds is 4. The Balaban J connectivity index is 2.17. The van der Waals surface area contributed by atoms with E-state index in [1.54, 1.807) is 0 Å². The second-order valence-electron chi connectivity index (χ2n) is 5.11. The Morgan fingerprint density at radius 3 is 2.20 bits per heavy atom. The molecule has 0 aliphatic rings. The highest BCUT2D eigenvalue weighted by atomic mass is 19.1. The molecule has 1 N–H and O–H groups in total. The van der Waals surface area contributed by atoms with E-state index >= 15 is 0 Å². The molecule has 0 spiro atoms. The van der Waals surface area contributed by atoms with Crippen LogP contribution in [0.4, 0.5) is 17.6 Å². The first-order chi connectivity index (χ1) is 11.9. The second kappa shape index (κ2) is 6.34. The van der Waals surface area contributed by atoms with Gasteiger partial charge in [0, 0.05) is 17.2 Å². The third-order valence-electron chi connectivity index (χ3n) is 3.44. The van der Waals surface area contributed by atoms with Gasteiger partial charge in [-0.3, -0.25) is 0 Å². The SMILES string of the molecule is O=C(O)c1nnn(Cc2c(F)cccc2F)c1-c1cc(F)cc(F)c1. The summed E-state index contributed by atoms with van der Waals surface area (Å²) in [4.78, 5) is 11.3. The minimum atomic E-state index is -1.50. The maximum atomic E-state index is 13.8. The van der Waals surface area contributed by atoms with Gasteiger partial charge in [0.2, 0.25) is 0 Å². The fraction of sp³-hybridized carbons (Fsp3) is 0.0625. The first-order valence-electron chi connectivity index (χ1n) is 6.93. The zero-order valence-electron chi connectivity index (χ0n) is 12.4.